The van der Waals surface area contributed by atoms with Gasteiger partial charge in [-0.3, -0.25) is 0 Å². The van der Waals surface area contributed by atoms with E-state index in [-0.39, 0.29) is 18.1 Å². The maximum Gasteiger partial charge on any atom is 0.346 e. The first kappa shape index (κ1) is 34.5. The second-order valence-corrected chi connectivity index (χ2v) is 12.0. The van der Waals surface area contributed by atoms with E-state index in [1.54, 1.807) is 26.0 Å². The molecule has 1 fully saturated rings. The van der Waals surface area contributed by atoms with E-state index in [0.717, 1.165) is 51.0 Å². The number of carbonyl (C=O) groups excluding carboxylic acids is 1. The summed E-state index contributed by atoms with van der Waals surface area (Å²) in [5.41, 5.74) is -2.23. The molecule has 0 heterocycles. The van der Waals surface area contributed by atoms with E-state index in [4.69, 9.17) is 9.47 Å². The van der Waals surface area contributed by atoms with E-state index in [1.165, 1.54) is 43.9 Å². The molecule has 1 unspecified atom stereocenters. The van der Waals surface area contributed by atoms with Crippen LogP contribution in [-0.4, -0.2) is 29.3 Å². The summed E-state index contributed by atoms with van der Waals surface area (Å²) in [4.78, 5) is 24.8. The Hall–Kier alpha value is -3.03. The predicted molar refractivity (Wildman–Crippen MR) is 161 cm³/mol. The van der Waals surface area contributed by atoms with Crippen molar-refractivity contribution in [2.45, 2.75) is 116 Å². The highest BCUT2D eigenvalue weighted by molar-refractivity contribution is 5.91. The zero-order valence-electron chi connectivity index (χ0n) is 25.8. The molecule has 0 radical (unpaired) electrons. The van der Waals surface area contributed by atoms with Gasteiger partial charge in [-0.15, -0.1) is 0 Å². The van der Waals surface area contributed by atoms with Crippen molar-refractivity contribution < 1.29 is 37.3 Å². The van der Waals surface area contributed by atoms with Gasteiger partial charge in [-0.1, -0.05) is 97.1 Å². The van der Waals surface area contributed by atoms with Gasteiger partial charge in [-0.2, -0.15) is 4.39 Å². The molecule has 0 amide bonds. The zero-order chi connectivity index (χ0) is 31.4. The van der Waals surface area contributed by atoms with Crippen LogP contribution < -0.4 is 9.47 Å². The van der Waals surface area contributed by atoms with E-state index in [9.17, 15) is 23.5 Å². The lowest BCUT2D eigenvalue weighted by atomic mass is 9.67. The smallest absolute Gasteiger partial charge is 0.346 e. The molecule has 1 N–H and O–H groups in total. The minimum absolute atomic E-state index is 0.0976. The number of ether oxygens (including phenoxy) is 2. The molecule has 0 aromatic heterocycles. The van der Waals surface area contributed by atoms with Crippen LogP contribution in [0.4, 0.5) is 13.2 Å². The van der Waals surface area contributed by atoms with Crippen molar-refractivity contribution in [2.75, 3.05) is 6.61 Å². The molecule has 5 nitrogen and oxygen atoms in total. The maximum absolute atomic E-state index is 16.1. The number of esters is 1. The predicted octanol–water partition coefficient (Wildman–Crippen LogP) is 9.82. The number of alkyl halides is 1. The Labute approximate surface area is 254 Å². The van der Waals surface area contributed by atoms with Crippen LogP contribution in [0.1, 0.15) is 126 Å². The quantitative estimate of drug-likeness (QED) is 0.111. The van der Waals surface area contributed by atoms with E-state index in [1.807, 2.05) is 0 Å². The average Bonchev–Trinajstić information content (AvgIpc) is 3.01. The fraction of sp³-hybridized carbons (Fsp3) is 0.600. The molecule has 43 heavy (non-hydrogen) atoms. The lowest BCUT2D eigenvalue weighted by molar-refractivity contribution is -0.162. The lowest BCUT2D eigenvalue weighted by Gasteiger charge is -2.39. The van der Waals surface area contributed by atoms with Crippen molar-refractivity contribution in [3.8, 4) is 11.5 Å². The summed E-state index contributed by atoms with van der Waals surface area (Å²) in [7, 11) is 0. The van der Waals surface area contributed by atoms with Crippen molar-refractivity contribution in [1.82, 2.24) is 0 Å². The molecule has 0 aliphatic heterocycles. The Bertz CT molecular complexity index is 1180. The molecular formula is C35H47F3O5. The minimum atomic E-state index is -2.35. The first-order chi connectivity index (χ1) is 20.6. The first-order valence-electron chi connectivity index (χ1n) is 16.0. The van der Waals surface area contributed by atoms with Crippen molar-refractivity contribution in [3.05, 3.63) is 59.2 Å². The van der Waals surface area contributed by atoms with Gasteiger partial charge in [-0.05, 0) is 55.0 Å². The summed E-state index contributed by atoms with van der Waals surface area (Å²) in [6, 6.07) is 8.59. The van der Waals surface area contributed by atoms with Crippen LogP contribution in [0, 0.1) is 23.5 Å². The lowest BCUT2D eigenvalue weighted by Crippen LogP contribution is -2.49. The second-order valence-electron chi connectivity index (χ2n) is 12.0. The summed E-state index contributed by atoms with van der Waals surface area (Å²) in [6.45, 7) is 5.85. The number of aliphatic carboxylic acids is 1. The van der Waals surface area contributed by atoms with Gasteiger partial charge in [0.1, 0.15) is 5.75 Å². The third kappa shape index (κ3) is 8.99. The maximum atomic E-state index is 16.1. The van der Waals surface area contributed by atoms with Crippen LogP contribution in [0.2, 0.25) is 0 Å². The molecule has 2 aromatic carbocycles. The highest BCUT2D eigenvalue weighted by Crippen LogP contribution is 2.45. The summed E-state index contributed by atoms with van der Waals surface area (Å²) in [6.07, 6.45) is 12.6. The van der Waals surface area contributed by atoms with Gasteiger partial charge in [0, 0.05) is 11.8 Å². The van der Waals surface area contributed by atoms with E-state index < -0.39 is 52.6 Å². The molecular weight excluding hydrogens is 557 g/mol. The molecule has 3 atom stereocenters. The number of unbranched alkanes of at least 4 members (excludes halogenated alkanes) is 7. The number of halogens is 3. The van der Waals surface area contributed by atoms with Crippen molar-refractivity contribution in [3.63, 3.8) is 0 Å². The number of carbonyl (C=O) groups is 2. The first-order valence-corrected chi connectivity index (χ1v) is 16.0. The monoisotopic (exact) mass is 604 g/mol. The van der Waals surface area contributed by atoms with Gasteiger partial charge in [0.2, 0.25) is 11.5 Å². The fourth-order valence-electron chi connectivity index (χ4n) is 6.14. The van der Waals surface area contributed by atoms with E-state index in [0.29, 0.717) is 18.4 Å². The van der Waals surface area contributed by atoms with Crippen molar-refractivity contribution >= 4 is 11.9 Å². The normalized spacial score (nSPS) is 16.7. The number of carboxylic acids is 1. The number of benzene rings is 2. The highest BCUT2D eigenvalue weighted by atomic mass is 19.2. The Balaban J connectivity index is 1.56. The summed E-state index contributed by atoms with van der Waals surface area (Å²) >= 11 is 0. The van der Waals surface area contributed by atoms with E-state index >= 15 is 4.39 Å². The number of carboxylic acid groups (broad SMARTS) is 1. The largest absolute Gasteiger partial charge is 0.490 e. The van der Waals surface area contributed by atoms with Gasteiger partial charge in [0.15, 0.2) is 11.6 Å². The summed E-state index contributed by atoms with van der Waals surface area (Å²) < 4.78 is 56.2. The SMILES string of the molecule is CCCCCCCCCCOc1ccc(C(=O)Oc2ccc(C(C)[C@H](C)[C@](F)(C(=O)O)C3CCCCC3)cc2)c(F)c1F. The summed E-state index contributed by atoms with van der Waals surface area (Å²) in [5.74, 6) is -6.98. The molecule has 0 spiro atoms. The Morgan fingerprint density at radius 3 is 2.09 bits per heavy atom. The third-order valence-electron chi connectivity index (χ3n) is 9.08. The molecule has 2 aromatic rings. The molecule has 1 aliphatic carbocycles. The number of hydrogen-bond acceptors (Lipinski definition) is 4. The molecule has 238 valence electrons. The average molecular weight is 605 g/mol. The second kappa shape index (κ2) is 16.7. The Morgan fingerprint density at radius 1 is 0.884 bits per heavy atom. The Kier molecular flexibility index (Phi) is 13.4. The third-order valence-corrected chi connectivity index (χ3v) is 9.08. The van der Waals surface area contributed by atoms with Gasteiger partial charge in [-0.25, -0.2) is 18.4 Å². The molecule has 0 bridgehead atoms. The standard InChI is InChI=1S/C35H47F3O5/c1-4-5-6-7-8-9-10-14-23-42-30-22-21-29(31(36)32(30)37)33(39)43-28-19-17-26(18-20-28)24(2)25(3)35(38,34(40)41)27-15-12-11-13-16-27/h17-22,24-25,27H,4-16,23H2,1-3H3,(H,40,41)/t24?,25-,35+/m0/s1. The van der Waals surface area contributed by atoms with Crippen LogP contribution in [0.5, 0.6) is 11.5 Å². The van der Waals surface area contributed by atoms with Crippen LogP contribution in [0.3, 0.4) is 0 Å². The van der Waals surface area contributed by atoms with Gasteiger partial charge in [0.05, 0.1) is 12.2 Å². The molecule has 8 heteroatoms. The van der Waals surface area contributed by atoms with Crippen LogP contribution in [0.15, 0.2) is 36.4 Å². The van der Waals surface area contributed by atoms with Crippen molar-refractivity contribution in [2.24, 2.45) is 11.8 Å². The van der Waals surface area contributed by atoms with Crippen molar-refractivity contribution in [1.29, 1.82) is 0 Å². The van der Waals surface area contributed by atoms with Gasteiger partial charge >= 0.3 is 11.9 Å². The van der Waals surface area contributed by atoms with Gasteiger partial charge in [0.25, 0.3) is 0 Å². The fourth-order valence-corrected chi connectivity index (χ4v) is 6.14. The van der Waals surface area contributed by atoms with Crippen LogP contribution in [0.25, 0.3) is 0 Å². The molecule has 3 rings (SSSR count). The topological polar surface area (TPSA) is 72.8 Å². The Morgan fingerprint density at radius 2 is 1.49 bits per heavy atom. The zero-order valence-corrected chi connectivity index (χ0v) is 25.8. The van der Waals surface area contributed by atoms with Crippen LogP contribution in [-0.2, 0) is 4.79 Å². The van der Waals surface area contributed by atoms with E-state index in [2.05, 4.69) is 6.92 Å². The molecule has 1 saturated carbocycles. The highest BCUT2D eigenvalue weighted by Gasteiger charge is 2.52. The minimum Gasteiger partial charge on any atom is -0.490 e. The summed E-state index contributed by atoms with van der Waals surface area (Å²) in [5, 5.41) is 9.87. The number of hydrogen-bond donors (Lipinski definition) is 1. The molecule has 1 aliphatic rings. The number of rotatable bonds is 17. The van der Waals surface area contributed by atoms with Crippen LogP contribution >= 0.6 is 0 Å². The van der Waals surface area contributed by atoms with Gasteiger partial charge < -0.3 is 14.6 Å². The molecule has 0 saturated heterocycles.